The van der Waals surface area contributed by atoms with E-state index in [4.69, 9.17) is 5.73 Å². The molecule has 0 saturated carbocycles. The Labute approximate surface area is 110 Å². The van der Waals surface area contributed by atoms with E-state index in [0.717, 1.165) is 0 Å². The van der Waals surface area contributed by atoms with Crippen LogP contribution in [0.4, 0.5) is 18.0 Å². The Kier molecular flexibility index (Phi) is 4.47. The number of amides is 2. The van der Waals surface area contributed by atoms with Crippen molar-refractivity contribution in [3.63, 3.8) is 0 Å². The molecule has 1 unspecified atom stereocenters. The number of hydrogen-bond donors (Lipinski definition) is 1. The van der Waals surface area contributed by atoms with E-state index in [2.05, 4.69) is 4.99 Å². The third kappa shape index (κ3) is 3.84. The van der Waals surface area contributed by atoms with Gasteiger partial charge in [-0.2, -0.15) is 18.2 Å². The van der Waals surface area contributed by atoms with Crippen molar-refractivity contribution in [2.24, 2.45) is 16.6 Å². The van der Waals surface area contributed by atoms with Crippen molar-refractivity contribution in [2.45, 2.75) is 51.7 Å². The summed E-state index contributed by atoms with van der Waals surface area (Å²) in [5.74, 6) is 0.312. The van der Waals surface area contributed by atoms with E-state index < -0.39 is 24.2 Å². The van der Waals surface area contributed by atoms with E-state index in [1.54, 1.807) is 6.92 Å². The molecule has 0 fully saturated rings. The fraction of sp³-hybridized carbons (Fsp3) is 0.833. The number of urea groups is 1. The summed E-state index contributed by atoms with van der Waals surface area (Å²) < 4.78 is 36.6. The number of nitrogens with zero attached hydrogens (tertiary/aromatic N) is 2. The molecule has 2 N–H and O–H groups in total. The topological polar surface area (TPSA) is 58.7 Å². The zero-order valence-electron chi connectivity index (χ0n) is 11.4. The van der Waals surface area contributed by atoms with Gasteiger partial charge in [0, 0.05) is 13.0 Å². The maximum absolute atomic E-state index is 12.2. The molecule has 19 heavy (non-hydrogen) atoms. The normalized spacial score (nSPS) is 24.3. The van der Waals surface area contributed by atoms with Crippen molar-refractivity contribution in [3.05, 3.63) is 0 Å². The van der Waals surface area contributed by atoms with Crippen LogP contribution in [-0.4, -0.2) is 35.0 Å². The second kappa shape index (κ2) is 5.38. The van der Waals surface area contributed by atoms with Crippen LogP contribution in [0.2, 0.25) is 0 Å². The molecular weight excluding hydrogens is 259 g/mol. The Balaban J connectivity index is 2.74. The Bertz CT molecular complexity index is 379. The van der Waals surface area contributed by atoms with E-state index in [1.165, 1.54) is 4.90 Å². The molecule has 4 nitrogen and oxygen atoms in total. The van der Waals surface area contributed by atoms with Crippen molar-refractivity contribution in [1.82, 2.24) is 4.90 Å². The van der Waals surface area contributed by atoms with Gasteiger partial charge in [0.1, 0.15) is 5.84 Å². The third-order valence-corrected chi connectivity index (χ3v) is 3.27. The minimum Gasteiger partial charge on any atom is -0.385 e. The summed E-state index contributed by atoms with van der Waals surface area (Å²) in [6.45, 7) is 5.97. The Morgan fingerprint density at radius 3 is 2.47 bits per heavy atom. The van der Waals surface area contributed by atoms with Crippen molar-refractivity contribution in [1.29, 1.82) is 0 Å². The van der Waals surface area contributed by atoms with E-state index in [0.29, 0.717) is 6.54 Å². The van der Waals surface area contributed by atoms with Crippen LogP contribution in [0.5, 0.6) is 0 Å². The van der Waals surface area contributed by atoms with Crippen LogP contribution >= 0.6 is 0 Å². The highest BCUT2D eigenvalue weighted by molar-refractivity contribution is 6.05. The molecule has 1 aliphatic heterocycles. The fourth-order valence-corrected chi connectivity index (χ4v) is 2.17. The van der Waals surface area contributed by atoms with Crippen LogP contribution in [0.15, 0.2) is 4.99 Å². The van der Waals surface area contributed by atoms with E-state index >= 15 is 0 Å². The first-order valence-electron chi connectivity index (χ1n) is 6.29. The van der Waals surface area contributed by atoms with E-state index in [9.17, 15) is 18.0 Å². The summed E-state index contributed by atoms with van der Waals surface area (Å²) in [7, 11) is 0. The number of nitrogens with two attached hydrogens (primary N) is 1. The Morgan fingerprint density at radius 2 is 2.00 bits per heavy atom. The molecule has 1 atom stereocenters. The average Bonchev–Trinajstić information content (AvgIpc) is 2.40. The first kappa shape index (κ1) is 15.8. The van der Waals surface area contributed by atoms with Crippen LogP contribution in [0.3, 0.4) is 0 Å². The van der Waals surface area contributed by atoms with Crippen molar-refractivity contribution in [2.75, 3.05) is 6.54 Å². The molecule has 0 aromatic heterocycles. The van der Waals surface area contributed by atoms with E-state index in [1.807, 2.05) is 13.8 Å². The average molecular weight is 279 g/mol. The molecule has 1 rings (SSSR count). The quantitative estimate of drug-likeness (QED) is 0.841. The van der Waals surface area contributed by atoms with Gasteiger partial charge in [0.2, 0.25) is 0 Å². The molecule has 0 bridgehead atoms. The molecule has 1 aliphatic rings. The smallest absolute Gasteiger partial charge is 0.385 e. The number of halogens is 3. The summed E-state index contributed by atoms with van der Waals surface area (Å²) in [5, 5.41) is 0. The second-order valence-electron chi connectivity index (χ2n) is 5.53. The molecule has 0 aliphatic carbocycles. The van der Waals surface area contributed by atoms with Crippen LogP contribution in [0, 0.1) is 5.92 Å². The minimum atomic E-state index is -4.19. The molecule has 0 aromatic carbocycles. The highest BCUT2D eigenvalue weighted by atomic mass is 19.4. The lowest BCUT2D eigenvalue weighted by Crippen LogP contribution is -2.53. The first-order chi connectivity index (χ1) is 8.56. The number of alkyl halides is 3. The van der Waals surface area contributed by atoms with Crippen LogP contribution < -0.4 is 5.73 Å². The predicted octanol–water partition coefficient (Wildman–Crippen LogP) is 2.93. The van der Waals surface area contributed by atoms with Gasteiger partial charge in [0.15, 0.2) is 0 Å². The van der Waals surface area contributed by atoms with Gasteiger partial charge in [-0.05, 0) is 25.7 Å². The van der Waals surface area contributed by atoms with Crippen molar-refractivity contribution in [3.8, 4) is 0 Å². The molecular formula is C12H20F3N3O. The summed E-state index contributed by atoms with van der Waals surface area (Å²) in [4.78, 5) is 16.9. The Hall–Kier alpha value is -1.27. The van der Waals surface area contributed by atoms with Gasteiger partial charge < -0.3 is 10.6 Å². The Morgan fingerprint density at radius 1 is 1.42 bits per heavy atom. The summed E-state index contributed by atoms with van der Waals surface area (Å²) >= 11 is 0. The van der Waals surface area contributed by atoms with Gasteiger partial charge in [0.25, 0.3) is 0 Å². The van der Waals surface area contributed by atoms with Gasteiger partial charge in [-0.3, -0.25) is 0 Å². The lowest BCUT2D eigenvalue weighted by Gasteiger charge is -2.36. The van der Waals surface area contributed by atoms with Gasteiger partial charge in [-0.15, -0.1) is 0 Å². The highest BCUT2D eigenvalue weighted by Gasteiger charge is 2.44. The van der Waals surface area contributed by atoms with Crippen LogP contribution in [-0.2, 0) is 0 Å². The monoisotopic (exact) mass is 279 g/mol. The van der Waals surface area contributed by atoms with Gasteiger partial charge in [-0.1, -0.05) is 13.8 Å². The SMILES string of the molecule is CC(C)CN1C(=O)N=C(N)C1(C)CCCC(F)(F)F. The van der Waals surface area contributed by atoms with Gasteiger partial charge in [-0.25, -0.2) is 4.79 Å². The van der Waals surface area contributed by atoms with Crippen molar-refractivity contribution >= 4 is 11.9 Å². The van der Waals surface area contributed by atoms with Crippen molar-refractivity contribution < 1.29 is 18.0 Å². The van der Waals surface area contributed by atoms with Gasteiger partial charge in [0.05, 0.1) is 5.54 Å². The number of amidine groups is 1. The summed E-state index contributed by atoms with van der Waals surface area (Å²) in [5.41, 5.74) is 4.83. The molecule has 0 spiro atoms. The van der Waals surface area contributed by atoms with Crippen LogP contribution in [0.25, 0.3) is 0 Å². The lowest BCUT2D eigenvalue weighted by atomic mass is 9.91. The van der Waals surface area contributed by atoms with Crippen LogP contribution in [0.1, 0.15) is 40.0 Å². The lowest BCUT2D eigenvalue weighted by molar-refractivity contribution is -0.136. The largest absolute Gasteiger partial charge is 0.389 e. The number of carbonyl (C=O) groups is 1. The predicted molar refractivity (Wildman–Crippen MR) is 66.9 cm³/mol. The summed E-state index contributed by atoms with van der Waals surface area (Å²) in [6.07, 6.45) is -4.97. The molecule has 0 radical (unpaired) electrons. The standard InChI is InChI=1S/C12H20F3N3O/c1-8(2)7-18-10(19)17-9(16)11(18,3)5-4-6-12(13,14)15/h8H,4-7H2,1-3H3,(H2,16,17,19). The first-order valence-corrected chi connectivity index (χ1v) is 6.29. The molecule has 0 saturated heterocycles. The maximum atomic E-state index is 12.2. The fourth-order valence-electron chi connectivity index (χ4n) is 2.17. The molecule has 2 amide bonds. The number of hydrogen-bond acceptors (Lipinski definition) is 2. The number of carbonyl (C=O) groups excluding carboxylic acids is 1. The molecule has 7 heteroatoms. The highest BCUT2D eigenvalue weighted by Crippen LogP contribution is 2.32. The number of rotatable bonds is 5. The third-order valence-electron chi connectivity index (χ3n) is 3.27. The van der Waals surface area contributed by atoms with E-state index in [-0.39, 0.29) is 24.6 Å². The zero-order chi connectivity index (χ0) is 14.8. The maximum Gasteiger partial charge on any atom is 0.389 e. The molecule has 110 valence electrons. The minimum absolute atomic E-state index is 0.0713. The van der Waals surface area contributed by atoms with Gasteiger partial charge >= 0.3 is 12.2 Å². The second-order valence-corrected chi connectivity index (χ2v) is 5.53. The molecule has 0 aromatic rings. The molecule has 1 heterocycles. The summed E-state index contributed by atoms with van der Waals surface area (Å²) in [6, 6.07) is -0.458. The number of aliphatic imine (C=N–C) groups is 1. The zero-order valence-corrected chi connectivity index (χ0v) is 11.4.